The van der Waals surface area contributed by atoms with E-state index in [1.807, 2.05) is 19.1 Å². The van der Waals surface area contributed by atoms with Crippen LogP contribution in [0.15, 0.2) is 42.5 Å². The molecule has 0 saturated carbocycles. The molecule has 2 atom stereocenters. The maximum atomic E-state index is 13.2. The predicted octanol–water partition coefficient (Wildman–Crippen LogP) is 4.18. The third kappa shape index (κ3) is 2.04. The number of benzene rings is 2. The molecule has 2 nitrogen and oxygen atoms in total. The Labute approximate surface area is 127 Å². The Bertz CT molecular complexity index is 709. The average Bonchev–Trinajstić information content (AvgIpc) is 2.73. The minimum absolute atomic E-state index is 0.343. The zero-order chi connectivity index (χ0) is 15.2. The highest BCUT2D eigenvalue weighted by Gasteiger charge is 2.50. The number of carbonyl (C=O) groups excluding carboxylic acids is 1. The third-order valence-corrected chi connectivity index (χ3v) is 4.19. The normalized spacial score (nSPS) is 21.8. The molecule has 2 aromatic carbocycles. The Balaban J connectivity index is 2.28. The van der Waals surface area contributed by atoms with E-state index in [1.165, 1.54) is 12.1 Å². The lowest BCUT2D eigenvalue weighted by atomic mass is 9.82. The fourth-order valence-corrected chi connectivity index (χ4v) is 3.12. The average molecular weight is 305 g/mol. The van der Waals surface area contributed by atoms with Gasteiger partial charge in [-0.3, -0.25) is 0 Å². The molecule has 1 aliphatic heterocycles. The lowest BCUT2D eigenvalue weighted by molar-refractivity contribution is 0.0106. The molecule has 2 unspecified atom stereocenters. The zero-order valence-electron chi connectivity index (χ0n) is 11.7. The van der Waals surface area contributed by atoms with Crippen molar-refractivity contribution in [3.05, 3.63) is 70.5 Å². The Morgan fingerprint density at radius 2 is 1.86 bits per heavy atom. The van der Waals surface area contributed by atoms with Gasteiger partial charge < -0.3 is 4.74 Å². The van der Waals surface area contributed by atoms with Gasteiger partial charge in [-0.2, -0.15) is 0 Å². The number of cyclic esters (lactones) is 1. The maximum absolute atomic E-state index is 13.2. The summed E-state index contributed by atoms with van der Waals surface area (Å²) in [5.74, 6) is -0.744. The van der Waals surface area contributed by atoms with Crippen molar-refractivity contribution < 1.29 is 13.9 Å². The fourth-order valence-electron chi connectivity index (χ4n) is 2.84. The van der Waals surface area contributed by atoms with Crippen LogP contribution in [-0.4, -0.2) is 11.3 Å². The van der Waals surface area contributed by atoms with Crippen LogP contribution in [0.25, 0.3) is 0 Å². The molecule has 0 aromatic heterocycles. The highest BCUT2D eigenvalue weighted by atomic mass is 35.5. The van der Waals surface area contributed by atoms with Gasteiger partial charge in [0.05, 0.1) is 10.9 Å². The van der Waals surface area contributed by atoms with E-state index < -0.39 is 16.9 Å². The van der Waals surface area contributed by atoms with Gasteiger partial charge in [0.1, 0.15) is 5.82 Å². The molecular formula is C17H14ClFO2. The first-order chi connectivity index (χ1) is 9.95. The second-order valence-corrected chi connectivity index (χ2v) is 5.95. The first kappa shape index (κ1) is 14.1. The Morgan fingerprint density at radius 3 is 2.48 bits per heavy atom. The second kappa shape index (κ2) is 4.85. The number of aryl methyl sites for hydroxylation is 1. The van der Waals surface area contributed by atoms with Gasteiger partial charge in [0, 0.05) is 11.1 Å². The van der Waals surface area contributed by atoms with Crippen LogP contribution in [0.2, 0.25) is 0 Å². The molecule has 108 valence electrons. The SMILES string of the molecule is Cc1ccc2c(c1)C(c1ccc(F)cc1)(C(C)Cl)OC2=O. The lowest BCUT2D eigenvalue weighted by Gasteiger charge is -2.32. The molecule has 0 N–H and O–H groups in total. The van der Waals surface area contributed by atoms with Crippen LogP contribution in [0.4, 0.5) is 4.39 Å². The summed E-state index contributed by atoms with van der Waals surface area (Å²) >= 11 is 6.39. The molecule has 21 heavy (non-hydrogen) atoms. The molecule has 2 aromatic rings. The van der Waals surface area contributed by atoms with Gasteiger partial charge in [-0.05, 0) is 32.0 Å². The van der Waals surface area contributed by atoms with Crippen LogP contribution in [0.1, 0.15) is 34.0 Å². The third-order valence-electron chi connectivity index (χ3n) is 3.88. The van der Waals surface area contributed by atoms with Crippen molar-refractivity contribution in [2.24, 2.45) is 0 Å². The molecule has 1 aliphatic rings. The van der Waals surface area contributed by atoms with Gasteiger partial charge in [-0.25, -0.2) is 9.18 Å². The number of halogens is 2. The van der Waals surface area contributed by atoms with Crippen molar-refractivity contribution >= 4 is 17.6 Å². The zero-order valence-corrected chi connectivity index (χ0v) is 12.4. The molecule has 4 heteroatoms. The Hall–Kier alpha value is -1.87. The highest BCUT2D eigenvalue weighted by molar-refractivity contribution is 6.22. The van der Waals surface area contributed by atoms with Crippen molar-refractivity contribution in [3.63, 3.8) is 0 Å². The van der Waals surface area contributed by atoms with E-state index in [9.17, 15) is 9.18 Å². The van der Waals surface area contributed by atoms with Crippen LogP contribution in [-0.2, 0) is 10.3 Å². The van der Waals surface area contributed by atoms with Crippen LogP contribution < -0.4 is 0 Å². The monoisotopic (exact) mass is 304 g/mol. The molecular weight excluding hydrogens is 291 g/mol. The second-order valence-electron chi connectivity index (χ2n) is 5.30. The van der Waals surface area contributed by atoms with Crippen LogP contribution in [0.3, 0.4) is 0 Å². The number of hydrogen-bond donors (Lipinski definition) is 0. The van der Waals surface area contributed by atoms with Gasteiger partial charge in [0.25, 0.3) is 0 Å². The Kier molecular flexibility index (Phi) is 3.25. The number of rotatable bonds is 2. The molecule has 0 fully saturated rings. The smallest absolute Gasteiger partial charge is 0.339 e. The highest BCUT2D eigenvalue weighted by Crippen LogP contribution is 2.46. The van der Waals surface area contributed by atoms with Gasteiger partial charge in [0.2, 0.25) is 0 Å². The summed E-state index contributed by atoms with van der Waals surface area (Å²) < 4.78 is 18.9. The van der Waals surface area contributed by atoms with E-state index in [-0.39, 0.29) is 5.82 Å². The van der Waals surface area contributed by atoms with Crippen molar-refractivity contribution in [2.45, 2.75) is 24.8 Å². The first-order valence-corrected chi connectivity index (χ1v) is 7.13. The van der Waals surface area contributed by atoms with Crippen molar-refractivity contribution in [2.75, 3.05) is 0 Å². The quantitative estimate of drug-likeness (QED) is 0.614. The van der Waals surface area contributed by atoms with Crippen molar-refractivity contribution in [1.29, 1.82) is 0 Å². The first-order valence-electron chi connectivity index (χ1n) is 6.69. The van der Waals surface area contributed by atoms with E-state index in [1.54, 1.807) is 25.1 Å². The molecule has 0 aliphatic carbocycles. The van der Waals surface area contributed by atoms with Crippen molar-refractivity contribution in [3.8, 4) is 0 Å². The molecule has 0 amide bonds. The van der Waals surface area contributed by atoms with E-state index in [0.717, 1.165) is 11.1 Å². The molecule has 3 rings (SSSR count). The summed E-state index contributed by atoms with van der Waals surface area (Å²) in [5.41, 5.74) is 1.85. The molecule has 0 spiro atoms. The van der Waals surface area contributed by atoms with E-state index >= 15 is 0 Å². The topological polar surface area (TPSA) is 26.3 Å². The van der Waals surface area contributed by atoms with Gasteiger partial charge in [-0.1, -0.05) is 29.8 Å². The van der Waals surface area contributed by atoms with E-state index in [2.05, 4.69) is 0 Å². The van der Waals surface area contributed by atoms with Crippen LogP contribution >= 0.6 is 11.6 Å². The summed E-state index contributed by atoms with van der Waals surface area (Å²) in [6, 6.07) is 11.4. The van der Waals surface area contributed by atoms with Crippen LogP contribution in [0.5, 0.6) is 0 Å². The number of alkyl halides is 1. The number of fused-ring (bicyclic) bond motifs is 1. The minimum Gasteiger partial charge on any atom is -0.444 e. The summed E-state index contributed by atoms with van der Waals surface area (Å²) in [7, 11) is 0. The largest absolute Gasteiger partial charge is 0.444 e. The van der Waals surface area contributed by atoms with Crippen LogP contribution in [0, 0.1) is 12.7 Å². The summed E-state index contributed by atoms with van der Waals surface area (Å²) in [5, 5.41) is -0.491. The maximum Gasteiger partial charge on any atom is 0.339 e. The van der Waals surface area contributed by atoms with E-state index in [4.69, 9.17) is 16.3 Å². The van der Waals surface area contributed by atoms with Gasteiger partial charge in [0.15, 0.2) is 5.60 Å². The van der Waals surface area contributed by atoms with E-state index in [0.29, 0.717) is 11.1 Å². The lowest BCUT2D eigenvalue weighted by Crippen LogP contribution is -2.36. The summed E-state index contributed by atoms with van der Waals surface area (Å²) in [6.45, 7) is 3.72. The van der Waals surface area contributed by atoms with Crippen molar-refractivity contribution in [1.82, 2.24) is 0 Å². The molecule has 1 heterocycles. The minimum atomic E-state index is -1.08. The summed E-state index contributed by atoms with van der Waals surface area (Å²) in [6.07, 6.45) is 0. The number of hydrogen-bond acceptors (Lipinski definition) is 2. The number of esters is 1. The Morgan fingerprint density at radius 1 is 1.19 bits per heavy atom. The molecule has 0 radical (unpaired) electrons. The van der Waals surface area contributed by atoms with Gasteiger partial charge >= 0.3 is 5.97 Å². The summed E-state index contributed by atoms with van der Waals surface area (Å²) in [4.78, 5) is 12.2. The standard InChI is InChI=1S/C17H14ClFO2/c1-10-3-8-14-15(9-10)17(11(2)18,21-16(14)20)12-4-6-13(19)7-5-12/h3-9,11H,1-2H3. The number of carbonyl (C=O) groups is 1. The molecule has 0 saturated heterocycles. The number of ether oxygens (including phenoxy) is 1. The predicted molar refractivity (Wildman–Crippen MR) is 79.1 cm³/mol. The molecule has 0 bridgehead atoms. The van der Waals surface area contributed by atoms with Gasteiger partial charge in [-0.15, -0.1) is 11.6 Å². The fraction of sp³-hybridized carbons (Fsp3) is 0.235.